The number of nitrogens with zero attached hydrogens (tertiary/aromatic N) is 2. The largest absolute Gasteiger partial charge is 0.480 e. The number of hydrogen-bond acceptors (Lipinski definition) is 5. The average molecular weight is 454 g/mol. The van der Waals surface area contributed by atoms with Gasteiger partial charge in [-0.2, -0.15) is 0 Å². The molecule has 1 aliphatic rings. The maximum absolute atomic E-state index is 13.0. The third-order valence-electron chi connectivity index (χ3n) is 5.97. The highest BCUT2D eigenvalue weighted by atomic mass is 16.5. The molecule has 3 rings (SSSR count). The van der Waals surface area contributed by atoms with E-state index in [1.54, 1.807) is 25.9 Å². The molecule has 8 nitrogen and oxygen atoms in total. The van der Waals surface area contributed by atoms with Crippen LogP contribution in [0, 0.1) is 0 Å². The zero-order chi connectivity index (χ0) is 24.1. The number of carboxylic acid groups (broad SMARTS) is 1. The van der Waals surface area contributed by atoms with Crippen molar-refractivity contribution in [3.05, 3.63) is 59.7 Å². The lowest BCUT2D eigenvalue weighted by atomic mass is 9.98. The molecule has 2 amide bonds. The Hall–Kier alpha value is -3.39. The third-order valence-corrected chi connectivity index (χ3v) is 5.97. The summed E-state index contributed by atoms with van der Waals surface area (Å²) in [6.07, 6.45) is -0.453. The number of rotatable bonds is 9. The maximum atomic E-state index is 13.0. The van der Waals surface area contributed by atoms with Crippen molar-refractivity contribution in [2.24, 2.45) is 0 Å². The Bertz CT molecular complexity index is 977. The Labute approximate surface area is 194 Å². The molecule has 0 heterocycles. The normalized spacial score (nSPS) is 14.2. The van der Waals surface area contributed by atoms with Crippen LogP contribution in [0.3, 0.4) is 0 Å². The van der Waals surface area contributed by atoms with Gasteiger partial charge in [-0.1, -0.05) is 55.5 Å². The molecule has 176 valence electrons. The Morgan fingerprint density at radius 3 is 2.03 bits per heavy atom. The van der Waals surface area contributed by atoms with Crippen LogP contribution in [0.15, 0.2) is 48.5 Å². The summed E-state index contributed by atoms with van der Waals surface area (Å²) in [6.45, 7) is 2.04. The zero-order valence-corrected chi connectivity index (χ0v) is 19.4. The van der Waals surface area contributed by atoms with Crippen LogP contribution in [0.1, 0.15) is 30.4 Å². The number of likely N-dealkylation sites (N-methyl/N-ethyl adjacent to an activating group) is 2. The van der Waals surface area contributed by atoms with Crippen LogP contribution in [0.25, 0.3) is 11.1 Å². The third kappa shape index (κ3) is 5.34. The van der Waals surface area contributed by atoms with Gasteiger partial charge in [0.15, 0.2) is 0 Å². The molecule has 0 spiro atoms. The number of aliphatic carboxylic acids is 1. The Morgan fingerprint density at radius 1 is 1.00 bits per heavy atom. The molecule has 1 aliphatic carbocycles. The number of nitrogens with one attached hydrogen (secondary N) is 1. The fourth-order valence-electron chi connectivity index (χ4n) is 4.35. The first-order valence-corrected chi connectivity index (χ1v) is 11.0. The molecule has 2 aromatic rings. The van der Waals surface area contributed by atoms with Crippen LogP contribution in [0.4, 0.5) is 4.79 Å². The van der Waals surface area contributed by atoms with E-state index in [2.05, 4.69) is 17.4 Å². The summed E-state index contributed by atoms with van der Waals surface area (Å²) in [5, 5.41) is 12.0. The topological polar surface area (TPSA) is 99.2 Å². The van der Waals surface area contributed by atoms with E-state index in [0.29, 0.717) is 0 Å². The van der Waals surface area contributed by atoms with Crippen molar-refractivity contribution in [2.75, 3.05) is 34.3 Å². The number of carboxylic acids is 1. The summed E-state index contributed by atoms with van der Waals surface area (Å²) in [4.78, 5) is 40.0. The smallest absolute Gasteiger partial charge is 0.407 e. The first-order valence-electron chi connectivity index (χ1n) is 11.0. The fraction of sp³-hybridized carbons (Fsp3) is 0.400. The highest BCUT2D eigenvalue weighted by molar-refractivity contribution is 5.89. The number of hydrogen-bond donors (Lipinski definition) is 2. The molecular weight excluding hydrogens is 422 g/mol. The first kappa shape index (κ1) is 24.3. The van der Waals surface area contributed by atoms with Gasteiger partial charge in [-0.05, 0) is 42.8 Å². The molecule has 1 unspecified atom stereocenters. The number of amides is 2. The lowest BCUT2D eigenvalue weighted by molar-refractivity contribution is -0.150. The summed E-state index contributed by atoms with van der Waals surface area (Å²) in [5.41, 5.74) is 4.45. The summed E-state index contributed by atoms with van der Waals surface area (Å²) in [5.74, 6) is -1.66. The summed E-state index contributed by atoms with van der Waals surface area (Å²) >= 11 is 0. The molecule has 2 aromatic carbocycles. The van der Waals surface area contributed by atoms with E-state index in [4.69, 9.17) is 4.74 Å². The van der Waals surface area contributed by atoms with E-state index in [1.165, 1.54) is 11.9 Å². The van der Waals surface area contributed by atoms with Gasteiger partial charge in [0.2, 0.25) is 5.91 Å². The molecule has 0 saturated carbocycles. The van der Waals surface area contributed by atoms with Crippen molar-refractivity contribution in [3.8, 4) is 11.1 Å². The van der Waals surface area contributed by atoms with Gasteiger partial charge in [0, 0.05) is 19.5 Å². The van der Waals surface area contributed by atoms with Crippen molar-refractivity contribution >= 4 is 18.0 Å². The average Bonchev–Trinajstić information content (AvgIpc) is 3.10. The highest BCUT2D eigenvalue weighted by Crippen LogP contribution is 2.44. The van der Waals surface area contributed by atoms with Crippen molar-refractivity contribution in [2.45, 2.75) is 31.3 Å². The van der Waals surface area contributed by atoms with E-state index in [-0.39, 0.29) is 25.5 Å². The maximum Gasteiger partial charge on any atom is 0.407 e. The van der Waals surface area contributed by atoms with Crippen molar-refractivity contribution in [1.29, 1.82) is 0 Å². The predicted octanol–water partition coefficient (Wildman–Crippen LogP) is 2.78. The molecule has 0 bridgehead atoms. The second kappa shape index (κ2) is 10.5. The van der Waals surface area contributed by atoms with Crippen LogP contribution in [0.5, 0.6) is 0 Å². The summed E-state index contributed by atoms with van der Waals surface area (Å²) in [6, 6.07) is 14.2. The van der Waals surface area contributed by atoms with Gasteiger partial charge in [-0.25, -0.2) is 9.59 Å². The minimum Gasteiger partial charge on any atom is -0.480 e. The molecule has 0 aromatic heterocycles. The monoisotopic (exact) mass is 453 g/mol. The lowest BCUT2D eigenvalue weighted by Crippen LogP contribution is -2.55. The summed E-state index contributed by atoms with van der Waals surface area (Å²) < 4.78 is 5.56. The van der Waals surface area contributed by atoms with Gasteiger partial charge in [0.05, 0.1) is 0 Å². The second-order valence-electron chi connectivity index (χ2n) is 8.50. The minimum atomic E-state index is -1.09. The van der Waals surface area contributed by atoms with E-state index >= 15 is 0 Å². The van der Waals surface area contributed by atoms with Gasteiger partial charge in [-0.15, -0.1) is 0 Å². The van der Waals surface area contributed by atoms with E-state index in [1.807, 2.05) is 36.4 Å². The van der Waals surface area contributed by atoms with E-state index in [9.17, 15) is 19.5 Å². The number of ether oxygens (including phenoxy) is 1. The Morgan fingerprint density at radius 2 is 1.55 bits per heavy atom. The first-order chi connectivity index (χ1) is 15.7. The van der Waals surface area contributed by atoms with Gasteiger partial charge < -0.3 is 25.0 Å². The second-order valence-corrected chi connectivity index (χ2v) is 8.50. The molecule has 8 heteroatoms. The quantitative estimate of drug-likeness (QED) is 0.606. The van der Waals surface area contributed by atoms with Gasteiger partial charge >= 0.3 is 12.1 Å². The molecule has 0 fully saturated rings. The molecule has 0 saturated heterocycles. The lowest BCUT2D eigenvalue weighted by Gasteiger charge is -2.29. The van der Waals surface area contributed by atoms with E-state index < -0.39 is 30.1 Å². The standard InChI is InChI=1S/C25H31N3O5/c1-5-22(24(30)31)28(4)23(29)21(14-27(2)3)26-25(32)33-15-20-18-12-8-6-10-16(18)17-11-7-9-13-19(17)20/h6-13,20-22H,5,14-15H2,1-4H3,(H,26,32)(H,30,31)/t21-,22?/m0/s1. The van der Waals surface area contributed by atoms with E-state index in [0.717, 1.165) is 22.3 Å². The van der Waals surface area contributed by atoms with Gasteiger partial charge in [-0.3, -0.25) is 4.79 Å². The molecule has 2 N–H and O–H groups in total. The predicted molar refractivity (Wildman–Crippen MR) is 125 cm³/mol. The van der Waals surface area contributed by atoms with Crippen LogP contribution in [-0.2, 0) is 14.3 Å². The Balaban J connectivity index is 1.70. The van der Waals surface area contributed by atoms with Gasteiger partial charge in [0.25, 0.3) is 0 Å². The Kier molecular flexibility index (Phi) is 7.71. The summed E-state index contributed by atoms with van der Waals surface area (Å²) in [7, 11) is 4.98. The number of alkyl carbamates (subject to hydrolysis) is 1. The SMILES string of the molecule is CCC(C(=O)O)N(C)C(=O)[C@H](CN(C)C)NC(=O)OCC1c2ccccc2-c2ccccc21. The van der Waals surface area contributed by atoms with Gasteiger partial charge in [0.1, 0.15) is 18.7 Å². The number of carbonyl (C=O) groups is 3. The molecule has 0 radical (unpaired) electrons. The van der Waals surface area contributed by atoms with Crippen LogP contribution in [0.2, 0.25) is 0 Å². The fourth-order valence-corrected chi connectivity index (χ4v) is 4.35. The van der Waals surface area contributed by atoms with Crippen LogP contribution in [-0.4, -0.2) is 79.3 Å². The molecule has 0 aliphatic heterocycles. The highest BCUT2D eigenvalue weighted by Gasteiger charge is 2.33. The molecule has 2 atom stereocenters. The zero-order valence-electron chi connectivity index (χ0n) is 19.4. The van der Waals surface area contributed by atoms with Crippen molar-refractivity contribution in [3.63, 3.8) is 0 Å². The molecule has 33 heavy (non-hydrogen) atoms. The van der Waals surface area contributed by atoms with Crippen LogP contribution < -0.4 is 5.32 Å². The minimum absolute atomic E-state index is 0.0923. The number of fused-ring (bicyclic) bond motifs is 3. The number of carbonyl (C=O) groups excluding carboxylic acids is 2. The van der Waals surface area contributed by atoms with Crippen LogP contribution >= 0.6 is 0 Å². The number of benzene rings is 2. The molecular formula is C25H31N3O5. The van der Waals surface area contributed by atoms with Crippen molar-refractivity contribution < 1.29 is 24.2 Å². The van der Waals surface area contributed by atoms with Crippen molar-refractivity contribution in [1.82, 2.24) is 15.1 Å².